The average Bonchev–Trinajstić information content (AvgIpc) is 2.18. The Morgan fingerprint density at radius 2 is 2.07 bits per heavy atom. The normalized spacial score (nSPS) is 20.3. The number of aryl methyl sites for hydroxylation is 1. The zero-order valence-electron chi connectivity index (χ0n) is 7.53. The van der Waals surface area contributed by atoms with Gasteiger partial charge >= 0.3 is 0 Å². The van der Waals surface area contributed by atoms with E-state index < -0.39 is 11.9 Å². The molecule has 1 aromatic carbocycles. The van der Waals surface area contributed by atoms with Crippen LogP contribution in [0.2, 0.25) is 0 Å². The van der Waals surface area contributed by atoms with E-state index in [0.717, 1.165) is 5.56 Å². The van der Waals surface area contributed by atoms with Crippen molar-refractivity contribution in [1.82, 2.24) is 0 Å². The summed E-state index contributed by atoms with van der Waals surface area (Å²) < 4.78 is 0. The molecule has 0 aromatic heterocycles. The minimum atomic E-state index is -1.26. The number of carboxylic acid groups (broad SMARTS) is 1. The lowest BCUT2D eigenvalue weighted by Gasteiger charge is -2.23. The summed E-state index contributed by atoms with van der Waals surface area (Å²) in [4.78, 5) is 22.3. The Morgan fingerprint density at radius 3 is 2.79 bits per heavy atom. The molecule has 72 valence electrons. The Morgan fingerprint density at radius 1 is 1.36 bits per heavy atom. The Balaban J connectivity index is 2.41. The first-order valence-corrected chi connectivity index (χ1v) is 4.53. The lowest BCUT2D eigenvalue weighted by atomic mass is 9.83. The molecule has 0 spiro atoms. The van der Waals surface area contributed by atoms with Crippen molar-refractivity contribution >= 4 is 11.8 Å². The third-order valence-electron chi connectivity index (χ3n) is 2.59. The van der Waals surface area contributed by atoms with Crippen LogP contribution in [-0.2, 0) is 11.2 Å². The highest BCUT2D eigenvalue weighted by Gasteiger charge is 2.27. The smallest absolute Gasteiger partial charge is 0.171 e. The molecule has 1 aromatic rings. The molecule has 1 aliphatic carbocycles. The van der Waals surface area contributed by atoms with Crippen LogP contribution in [0.3, 0.4) is 0 Å². The fourth-order valence-corrected chi connectivity index (χ4v) is 1.82. The van der Waals surface area contributed by atoms with Gasteiger partial charge in [-0.15, -0.1) is 0 Å². The van der Waals surface area contributed by atoms with Crippen LogP contribution in [0.25, 0.3) is 0 Å². The SMILES string of the molecule is O=C([O-])C1CCc2ccccc2C1=O. The number of hydrogen-bond acceptors (Lipinski definition) is 3. The predicted molar refractivity (Wildman–Crippen MR) is 47.6 cm³/mol. The van der Waals surface area contributed by atoms with Crippen molar-refractivity contribution in [3.63, 3.8) is 0 Å². The number of rotatable bonds is 1. The number of ketones is 1. The van der Waals surface area contributed by atoms with Crippen LogP contribution in [0.5, 0.6) is 0 Å². The Labute approximate surface area is 81.4 Å². The van der Waals surface area contributed by atoms with Crippen molar-refractivity contribution in [2.75, 3.05) is 0 Å². The van der Waals surface area contributed by atoms with E-state index in [-0.39, 0.29) is 5.78 Å². The lowest BCUT2D eigenvalue weighted by Crippen LogP contribution is -2.38. The van der Waals surface area contributed by atoms with Gasteiger partial charge in [0.15, 0.2) is 5.78 Å². The van der Waals surface area contributed by atoms with E-state index in [1.54, 1.807) is 12.1 Å². The summed E-state index contributed by atoms with van der Waals surface area (Å²) in [6.45, 7) is 0. The molecule has 14 heavy (non-hydrogen) atoms. The molecule has 1 unspecified atom stereocenters. The fraction of sp³-hybridized carbons (Fsp3) is 0.273. The first-order valence-electron chi connectivity index (χ1n) is 4.53. The number of carbonyl (C=O) groups excluding carboxylic acids is 2. The Bertz CT molecular complexity index is 395. The van der Waals surface area contributed by atoms with Crippen LogP contribution in [0.4, 0.5) is 0 Å². The molecule has 0 aliphatic heterocycles. The van der Waals surface area contributed by atoms with Crippen molar-refractivity contribution in [2.45, 2.75) is 12.8 Å². The number of carbonyl (C=O) groups is 2. The number of hydrogen-bond donors (Lipinski definition) is 0. The molecule has 2 rings (SSSR count). The van der Waals surface area contributed by atoms with Gasteiger partial charge in [0.2, 0.25) is 0 Å². The van der Waals surface area contributed by atoms with E-state index in [2.05, 4.69) is 0 Å². The predicted octanol–water partition coefficient (Wildman–Crippen LogP) is 0.182. The Kier molecular flexibility index (Phi) is 2.08. The number of carboxylic acids is 1. The van der Waals surface area contributed by atoms with Crippen LogP contribution < -0.4 is 5.11 Å². The molecule has 0 N–H and O–H groups in total. The zero-order chi connectivity index (χ0) is 10.1. The molecule has 3 nitrogen and oxygen atoms in total. The number of aliphatic carboxylic acids is 1. The van der Waals surface area contributed by atoms with Gasteiger partial charge in [-0.3, -0.25) is 4.79 Å². The first-order chi connectivity index (χ1) is 6.70. The molecule has 0 radical (unpaired) electrons. The van der Waals surface area contributed by atoms with Gasteiger partial charge in [0, 0.05) is 5.56 Å². The third kappa shape index (κ3) is 1.31. The van der Waals surface area contributed by atoms with Crippen LogP contribution in [-0.4, -0.2) is 11.8 Å². The largest absolute Gasteiger partial charge is 0.549 e. The van der Waals surface area contributed by atoms with Crippen LogP contribution in [0.1, 0.15) is 22.3 Å². The van der Waals surface area contributed by atoms with E-state index in [4.69, 9.17) is 0 Å². The second kappa shape index (κ2) is 3.25. The van der Waals surface area contributed by atoms with Crippen molar-refractivity contribution in [2.24, 2.45) is 5.92 Å². The summed E-state index contributed by atoms with van der Waals surface area (Å²) in [6, 6.07) is 7.13. The average molecular weight is 189 g/mol. The number of benzene rings is 1. The van der Waals surface area contributed by atoms with Gasteiger partial charge in [-0.05, 0) is 18.4 Å². The van der Waals surface area contributed by atoms with Crippen molar-refractivity contribution in [3.05, 3.63) is 35.4 Å². The van der Waals surface area contributed by atoms with Crippen molar-refractivity contribution < 1.29 is 14.7 Å². The highest BCUT2D eigenvalue weighted by atomic mass is 16.4. The number of fused-ring (bicyclic) bond motifs is 1. The van der Waals surface area contributed by atoms with E-state index >= 15 is 0 Å². The summed E-state index contributed by atoms with van der Waals surface area (Å²) in [5, 5.41) is 10.6. The summed E-state index contributed by atoms with van der Waals surface area (Å²) in [7, 11) is 0. The van der Waals surface area contributed by atoms with Crippen molar-refractivity contribution in [1.29, 1.82) is 0 Å². The van der Waals surface area contributed by atoms with Gasteiger partial charge in [-0.2, -0.15) is 0 Å². The molecule has 0 saturated heterocycles. The maximum atomic E-state index is 11.6. The van der Waals surface area contributed by atoms with E-state index in [0.29, 0.717) is 18.4 Å². The molecular weight excluding hydrogens is 180 g/mol. The molecule has 3 heteroatoms. The van der Waals surface area contributed by atoms with Crippen LogP contribution in [0, 0.1) is 5.92 Å². The first kappa shape index (κ1) is 8.94. The van der Waals surface area contributed by atoms with Gasteiger partial charge in [0.25, 0.3) is 0 Å². The molecule has 0 saturated carbocycles. The second-order valence-electron chi connectivity index (χ2n) is 3.43. The van der Waals surface area contributed by atoms with E-state index in [9.17, 15) is 14.7 Å². The van der Waals surface area contributed by atoms with Gasteiger partial charge < -0.3 is 9.90 Å². The Hall–Kier alpha value is -1.64. The minimum absolute atomic E-state index is 0.313. The van der Waals surface area contributed by atoms with Gasteiger partial charge in [0.05, 0.1) is 11.9 Å². The molecular formula is C11H9O3-. The van der Waals surface area contributed by atoms with Crippen LogP contribution in [0.15, 0.2) is 24.3 Å². The second-order valence-corrected chi connectivity index (χ2v) is 3.43. The van der Waals surface area contributed by atoms with E-state index in [1.807, 2.05) is 12.1 Å². The van der Waals surface area contributed by atoms with Gasteiger partial charge in [-0.25, -0.2) is 0 Å². The molecule has 0 amide bonds. The molecule has 0 heterocycles. The molecule has 0 bridgehead atoms. The lowest BCUT2D eigenvalue weighted by molar-refractivity contribution is -0.309. The molecule has 1 aliphatic rings. The molecule has 0 fully saturated rings. The van der Waals surface area contributed by atoms with Crippen molar-refractivity contribution in [3.8, 4) is 0 Å². The van der Waals surface area contributed by atoms with E-state index in [1.165, 1.54) is 0 Å². The maximum Gasteiger partial charge on any atom is 0.171 e. The quantitative estimate of drug-likeness (QED) is 0.592. The fourth-order valence-electron chi connectivity index (χ4n) is 1.82. The summed E-state index contributed by atoms with van der Waals surface area (Å²) in [6.07, 6.45) is 0.999. The van der Waals surface area contributed by atoms with Crippen LogP contribution >= 0.6 is 0 Å². The number of Topliss-reactive ketones (excluding diaryl/α,β-unsaturated/α-hetero) is 1. The van der Waals surface area contributed by atoms with Gasteiger partial charge in [-0.1, -0.05) is 24.3 Å². The third-order valence-corrected chi connectivity index (χ3v) is 2.59. The standard InChI is InChI=1S/C11H10O3/c12-10-8-4-2-1-3-7(8)5-6-9(10)11(13)14/h1-4,9H,5-6H2,(H,13,14)/p-1. The summed E-state index contributed by atoms with van der Waals surface area (Å²) in [5.41, 5.74) is 1.47. The highest BCUT2D eigenvalue weighted by Crippen LogP contribution is 2.24. The monoisotopic (exact) mass is 189 g/mol. The molecule has 1 atom stereocenters. The maximum absolute atomic E-state index is 11.6. The highest BCUT2D eigenvalue weighted by molar-refractivity contribution is 6.09. The topological polar surface area (TPSA) is 57.2 Å². The zero-order valence-corrected chi connectivity index (χ0v) is 7.53. The van der Waals surface area contributed by atoms with Gasteiger partial charge in [0.1, 0.15) is 0 Å². The minimum Gasteiger partial charge on any atom is -0.549 e. The summed E-state index contributed by atoms with van der Waals surface area (Å²) >= 11 is 0. The summed E-state index contributed by atoms with van der Waals surface area (Å²) in [5.74, 6) is -2.53.